The van der Waals surface area contributed by atoms with Gasteiger partial charge in [-0.1, -0.05) is 72.8 Å². The zero-order valence-electron chi connectivity index (χ0n) is 19.3. The van der Waals surface area contributed by atoms with Crippen molar-refractivity contribution in [2.75, 3.05) is 12.8 Å². The Morgan fingerprint density at radius 2 is 1.46 bits per heavy atom. The van der Waals surface area contributed by atoms with Crippen molar-refractivity contribution < 1.29 is 19.4 Å². The van der Waals surface area contributed by atoms with E-state index in [1.807, 2.05) is 66.7 Å². The number of nitrogens with two attached hydrogens (primary N) is 1. The summed E-state index contributed by atoms with van der Waals surface area (Å²) < 4.78 is 4.84. The molecule has 4 aromatic carbocycles. The van der Waals surface area contributed by atoms with Crippen molar-refractivity contribution in [2.45, 2.75) is 12.5 Å². The first kappa shape index (κ1) is 23.6. The Bertz CT molecular complexity index is 1330. The molecular formula is C29H26N2O4. The van der Waals surface area contributed by atoms with Gasteiger partial charge >= 0.3 is 5.97 Å². The van der Waals surface area contributed by atoms with E-state index in [1.54, 1.807) is 24.3 Å². The molecule has 0 aliphatic rings. The number of esters is 1. The van der Waals surface area contributed by atoms with Gasteiger partial charge in [0, 0.05) is 5.69 Å². The molecule has 1 amide bonds. The van der Waals surface area contributed by atoms with E-state index in [0.29, 0.717) is 5.69 Å². The summed E-state index contributed by atoms with van der Waals surface area (Å²) in [5.74, 6) is -1.12. The van der Waals surface area contributed by atoms with Crippen molar-refractivity contribution in [3.63, 3.8) is 0 Å². The normalized spacial score (nSPS) is 11.5. The van der Waals surface area contributed by atoms with E-state index >= 15 is 0 Å². The van der Waals surface area contributed by atoms with E-state index < -0.39 is 17.9 Å². The van der Waals surface area contributed by atoms with Gasteiger partial charge < -0.3 is 20.9 Å². The lowest BCUT2D eigenvalue weighted by Gasteiger charge is -2.19. The van der Waals surface area contributed by atoms with Gasteiger partial charge in [0.25, 0.3) is 5.91 Å². The van der Waals surface area contributed by atoms with Gasteiger partial charge in [-0.2, -0.15) is 0 Å². The number of nitrogens with one attached hydrogen (secondary N) is 1. The van der Waals surface area contributed by atoms with Crippen LogP contribution in [-0.2, 0) is 9.53 Å². The molecule has 0 saturated heterocycles. The van der Waals surface area contributed by atoms with E-state index in [9.17, 15) is 14.7 Å². The number of hydrogen-bond acceptors (Lipinski definition) is 5. The van der Waals surface area contributed by atoms with Crippen LogP contribution in [0.5, 0.6) is 5.75 Å². The van der Waals surface area contributed by atoms with Crippen LogP contribution in [0.3, 0.4) is 0 Å². The van der Waals surface area contributed by atoms with E-state index in [2.05, 4.69) is 5.32 Å². The minimum Gasteiger partial charge on any atom is -0.507 e. The maximum absolute atomic E-state index is 13.2. The summed E-state index contributed by atoms with van der Waals surface area (Å²) in [5, 5.41) is 13.3. The Labute approximate surface area is 204 Å². The second-order valence-corrected chi connectivity index (χ2v) is 8.15. The lowest BCUT2D eigenvalue weighted by Crippen LogP contribution is -2.30. The van der Waals surface area contributed by atoms with Crippen LogP contribution in [0.25, 0.3) is 22.3 Å². The third-order valence-corrected chi connectivity index (χ3v) is 5.79. The summed E-state index contributed by atoms with van der Waals surface area (Å²) in [5.41, 5.74) is 11.0. The number of carbonyl (C=O) groups is 2. The van der Waals surface area contributed by atoms with E-state index in [4.69, 9.17) is 10.5 Å². The van der Waals surface area contributed by atoms with Crippen LogP contribution in [0.4, 0.5) is 5.69 Å². The van der Waals surface area contributed by atoms with Crippen LogP contribution in [0, 0.1) is 0 Å². The van der Waals surface area contributed by atoms with Crippen molar-refractivity contribution in [1.82, 2.24) is 5.32 Å². The molecule has 0 fully saturated rings. The van der Waals surface area contributed by atoms with Crippen molar-refractivity contribution >= 4 is 17.6 Å². The summed E-state index contributed by atoms with van der Waals surface area (Å²) in [6.07, 6.45) is -0.0530. The lowest BCUT2D eigenvalue weighted by molar-refractivity contribution is -0.141. The molecule has 35 heavy (non-hydrogen) atoms. The fourth-order valence-electron chi connectivity index (χ4n) is 3.89. The van der Waals surface area contributed by atoms with Gasteiger partial charge in [-0.15, -0.1) is 0 Å². The molecule has 0 aliphatic heterocycles. The number of phenolic OH excluding ortho intramolecular Hbond substituents is 1. The number of nitrogen functional groups attached to an aromatic ring is 1. The van der Waals surface area contributed by atoms with Crippen molar-refractivity contribution in [3.8, 4) is 28.0 Å². The SMILES string of the molecule is COC(=O)CC(NC(=O)c1cc(-c2cccc(N)c2)ccc1O)c1ccc(-c2ccccc2)cc1. The molecule has 0 aromatic heterocycles. The third kappa shape index (κ3) is 5.68. The first-order valence-electron chi connectivity index (χ1n) is 11.2. The number of hydrogen-bond donors (Lipinski definition) is 3. The van der Waals surface area contributed by atoms with Crippen LogP contribution in [0.15, 0.2) is 97.1 Å². The number of aromatic hydroxyl groups is 1. The van der Waals surface area contributed by atoms with Gasteiger partial charge in [0.2, 0.25) is 0 Å². The number of amides is 1. The highest BCUT2D eigenvalue weighted by atomic mass is 16.5. The Kier molecular flexibility index (Phi) is 7.12. The highest BCUT2D eigenvalue weighted by molar-refractivity contribution is 5.98. The zero-order chi connectivity index (χ0) is 24.8. The Balaban J connectivity index is 1.61. The molecule has 6 nitrogen and oxygen atoms in total. The van der Waals surface area contributed by atoms with Crippen LogP contribution in [-0.4, -0.2) is 24.1 Å². The Hall–Kier alpha value is -4.58. The summed E-state index contributed by atoms with van der Waals surface area (Å²) in [7, 11) is 1.31. The monoisotopic (exact) mass is 466 g/mol. The minimum atomic E-state index is -0.643. The molecule has 0 spiro atoms. The molecular weight excluding hydrogens is 440 g/mol. The number of rotatable bonds is 7. The molecule has 1 unspecified atom stereocenters. The Morgan fingerprint density at radius 1 is 0.829 bits per heavy atom. The lowest BCUT2D eigenvalue weighted by atomic mass is 9.98. The number of benzene rings is 4. The van der Waals surface area contributed by atoms with Gasteiger partial charge in [-0.05, 0) is 52.1 Å². The maximum atomic E-state index is 13.2. The van der Waals surface area contributed by atoms with Crippen LogP contribution < -0.4 is 11.1 Å². The summed E-state index contributed by atoms with van der Waals surface area (Å²) in [6.45, 7) is 0. The van der Waals surface area contributed by atoms with Crippen molar-refractivity contribution in [3.05, 3.63) is 108 Å². The molecule has 176 valence electrons. The molecule has 0 heterocycles. The fourth-order valence-corrected chi connectivity index (χ4v) is 3.89. The first-order valence-corrected chi connectivity index (χ1v) is 11.2. The smallest absolute Gasteiger partial charge is 0.307 e. The van der Waals surface area contributed by atoms with Gasteiger partial charge in [0.1, 0.15) is 5.75 Å². The van der Waals surface area contributed by atoms with Gasteiger partial charge in [-0.25, -0.2) is 0 Å². The molecule has 1 atom stereocenters. The molecule has 0 bridgehead atoms. The maximum Gasteiger partial charge on any atom is 0.307 e. The van der Waals surface area contributed by atoms with Gasteiger partial charge in [0.05, 0.1) is 25.1 Å². The average Bonchev–Trinajstić information content (AvgIpc) is 2.89. The third-order valence-electron chi connectivity index (χ3n) is 5.79. The number of ether oxygens (including phenoxy) is 1. The summed E-state index contributed by atoms with van der Waals surface area (Å²) >= 11 is 0. The molecule has 4 aromatic rings. The van der Waals surface area contributed by atoms with Gasteiger partial charge in [0.15, 0.2) is 0 Å². The number of methoxy groups -OCH3 is 1. The largest absolute Gasteiger partial charge is 0.507 e. The van der Waals surface area contributed by atoms with E-state index in [0.717, 1.165) is 27.8 Å². The summed E-state index contributed by atoms with van der Waals surface area (Å²) in [6, 6.07) is 29.0. The molecule has 0 radical (unpaired) electrons. The predicted molar refractivity (Wildman–Crippen MR) is 137 cm³/mol. The number of phenols is 1. The fraction of sp³-hybridized carbons (Fsp3) is 0.103. The van der Waals surface area contributed by atoms with E-state index in [-0.39, 0.29) is 17.7 Å². The molecule has 4 N–H and O–H groups in total. The minimum absolute atomic E-state index is 0.0530. The molecule has 4 rings (SSSR count). The first-order chi connectivity index (χ1) is 16.9. The number of carbonyl (C=O) groups excluding carboxylic acids is 2. The second-order valence-electron chi connectivity index (χ2n) is 8.15. The molecule has 0 saturated carbocycles. The number of anilines is 1. The van der Waals surface area contributed by atoms with Crippen LogP contribution in [0.2, 0.25) is 0 Å². The van der Waals surface area contributed by atoms with Crippen LogP contribution in [0.1, 0.15) is 28.4 Å². The quantitative estimate of drug-likeness (QED) is 0.252. The average molecular weight is 467 g/mol. The Morgan fingerprint density at radius 3 is 2.14 bits per heavy atom. The van der Waals surface area contributed by atoms with Crippen LogP contribution >= 0.6 is 0 Å². The second kappa shape index (κ2) is 10.6. The molecule has 6 heteroatoms. The highest BCUT2D eigenvalue weighted by Crippen LogP contribution is 2.29. The standard InChI is InChI=1S/C29H26N2O4/c1-35-28(33)18-26(21-12-10-20(11-13-21)19-6-3-2-4-7-19)31-29(34)25-17-23(14-15-27(25)32)22-8-5-9-24(30)16-22/h2-17,26,32H,18,30H2,1H3,(H,31,34). The topological polar surface area (TPSA) is 102 Å². The van der Waals surface area contributed by atoms with Crippen molar-refractivity contribution in [1.29, 1.82) is 0 Å². The summed E-state index contributed by atoms with van der Waals surface area (Å²) in [4.78, 5) is 25.3. The highest BCUT2D eigenvalue weighted by Gasteiger charge is 2.22. The van der Waals surface area contributed by atoms with Gasteiger partial charge in [-0.3, -0.25) is 9.59 Å². The predicted octanol–water partition coefficient (Wildman–Crippen LogP) is 5.34. The van der Waals surface area contributed by atoms with Crippen molar-refractivity contribution in [2.24, 2.45) is 0 Å². The zero-order valence-corrected chi connectivity index (χ0v) is 19.3. The molecule has 0 aliphatic carbocycles. The van der Waals surface area contributed by atoms with E-state index in [1.165, 1.54) is 13.2 Å².